The molecule has 55 heavy (non-hydrogen) atoms. The SMILES string of the molecule is [B]c1c([B])c(O)c2c(-c3ccc4oc5cc6ccccc6cc5c4c3)c3c(O)c(O)c(O)c(O)c3c(-c3ccc(-c4ccc5ccccc5c4)cc3)c2c1O. The predicted molar refractivity (Wildman–Crippen MR) is 221 cm³/mol. The minimum absolute atomic E-state index is 0.00640. The van der Waals surface area contributed by atoms with Gasteiger partial charge in [-0.25, -0.2) is 0 Å². The smallest absolute Gasteiger partial charge is 0.204 e. The van der Waals surface area contributed by atoms with Gasteiger partial charge in [0.1, 0.15) is 38.4 Å². The zero-order chi connectivity index (χ0) is 37.9. The van der Waals surface area contributed by atoms with E-state index in [0.717, 1.165) is 38.1 Å². The topological polar surface area (TPSA) is 135 Å². The first-order valence-electron chi connectivity index (χ1n) is 17.4. The summed E-state index contributed by atoms with van der Waals surface area (Å²) in [5.74, 6) is -4.47. The van der Waals surface area contributed by atoms with Crippen LogP contribution in [-0.2, 0) is 0 Å². The van der Waals surface area contributed by atoms with E-state index < -0.39 is 34.5 Å². The fourth-order valence-electron chi connectivity index (χ4n) is 8.08. The molecule has 0 atom stereocenters. The van der Waals surface area contributed by atoms with Gasteiger partial charge >= 0.3 is 0 Å². The molecule has 9 heteroatoms. The normalized spacial score (nSPS) is 11.9. The van der Waals surface area contributed by atoms with Crippen molar-refractivity contribution < 1.29 is 35.1 Å². The average Bonchev–Trinajstić information content (AvgIpc) is 3.57. The highest BCUT2D eigenvalue weighted by Crippen LogP contribution is 2.58. The Balaban J connectivity index is 1.31. The molecule has 0 saturated carbocycles. The Morgan fingerprint density at radius 3 is 1.42 bits per heavy atom. The van der Waals surface area contributed by atoms with E-state index in [4.69, 9.17) is 20.1 Å². The molecular weight excluding hydrogens is 686 g/mol. The van der Waals surface area contributed by atoms with Crippen LogP contribution >= 0.6 is 0 Å². The Hall–Kier alpha value is -7.25. The van der Waals surface area contributed by atoms with Crippen LogP contribution < -0.4 is 10.9 Å². The van der Waals surface area contributed by atoms with Crippen molar-refractivity contribution in [1.29, 1.82) is 0 Å². The van der Waals surface area contributed by atoms with Crippen molar-refractivity contribution in [3.05, 3.63) is 121 Å². The summed E-state index contributed by atoms with van der Waals surface area (Å²) in [7, 11) is 12.6. The van der Waals surface area contributed by atoms with E-state index >= 15 is 0 Å². The lowest BCUT2D eigenvalue weighted by molar-refractivity contribution is 0.351. The minimum Gasteiger partial charge on any atom is -0.508 e. The molecule has 0 fully saturated rings. The van der Waals surface area contributed by atoms with Gasteiger partial charge < -0.3 is 35.1 Å². The fraction of sp³-hybridized carbons (Fsp3) is 0. The van der Waals surface area contributed by atoms with Crippen LogP contribution in [0.1, 0.15) is 0 Å². The molecule has 0 amide bonds. The van der Waals surface area contributed by atoms with Gasteiger partial charge in [0, 0.05) is 43.4 Å². The number of phenols is 6. The van der Waals surface area contributed by atoms with Crippen LogP contribution in [0.4, 0.5) is 0 Å². The van der Waals surface area contributed by atoms with Crippen LogP contribution in [0, 0.1) is 0 Å². The Kier molecular flexibility index (Phi) is 6.85. The van der Waals surface area contributed by atoms with Gasteiger partial charge in [-0.3, -0.25) is 0 Å². The molecule has 0 aliphatic rings. The molecule has 10 rings (SSSR count). The maximum absolute atomic E-state index is 11.9. The van der Waals surface area contributed by atoms with Gasteiger partial charge in [0.05, 0.1) is 0 Å². The van der Waals surface area contributed by atoms with E-state index in [9.17, 15) is 30.6 Å². The van der Waals surface area contributed by atoms with Gasteiger partial charge in [0.15, 0.2) is 11.5 Å². The first-order valence-corrected chi connectivity index (χ1v) is 17.4. The standard InChI is InChI=1S/C46H26B2O7/c47-39-40(48)42(50)36-34(28-15-16-31-29(19-28)30-18-25-7-3-4-8-26(25)20-32(30)55-31)38-37(43(51)45(53)46(54)44(38)52)33(35(36)41(39)49)23-12-9-22(10-13-23)27-14-11-21-5-1-2-6-24(21)17-27/h1-20,49-54H. The quantitative estimate of drug-likeness (QED) is 0.0466. The summed E-state index contributed by atoms with van der Waals surface area (Å²) < 4.78 is 6.23. The summed E-state index contributed by atoms with van der Waals surface area (Å²) in [6.45, 7) is 0. The maximum Gasteiger partial charge on any atom is 0.204 e. The summed E-state index contributed by atoms with van der Waals surface area (Å²) >= 11 is 0. The van der Waals surface area contributed by atoms with Crippen molar-refractivity contribution in [2.75, 3.05) is 0 Å². The first kappa shape index (κ1) is 32.4. The van der Waals surface area contributed by atoms with E-state index in [2.05, 4.69) is 6.07 Å². The maximum atomic E-state index is 11.9. The third kappa shape index (κ3) is 4.59. The molecular formula is C46H26B2O7. The summed E-state index contributed by atoms with van der Waals surface area (Å²) in [5, 5.41) is 74.5. The largest absolute Gasteiger partial charge is 0.508 e. The number of hydrogen-bond donors (Lipinski definition) is 6. The van der Waals surface area contributed by atoms with Gasteiger partial charge in [0.25, 0.3) is 0 Å². The van der Waals surface area contributed by atoms with Crippen LogP contribution in [-0.4, -0.2) is 46.3 Å². The number of phenolic OH excluding ortho intramolecular Hbond substituents is 6. The highest BCUT2D eigenvalue weighted by atomic mass is 16.3. The van der Waals surface area contributed by atoms with E-state index in [-0.39, 0.29) is 43.6 Å². The third-order valence-corrected chi connectivity index (χ3v) is 10.8. The molecule has 0 aliphatic heterocycles. The molecule has 7 nitrogen and oxygen atoms in total. The van der Waals surface area contributed by atoms with Crippen LogP contribution in [0.5, 0.6) is 34.5 Å². The number of rotatable bonds is 3. The van der Waals surface area contributed by atoms with Gasteiger partial charge in [-0.2, -0.15) is 0 Å². The van der Waals surface area contributed by atoms with E-state index in [1.54, 1.807) is 30.3 Å². The van der Waals surface area contributed by atoms with Gasteiger partial charge in [-0.15, -0.1) is 0 Å². The lowest BCUT2D eigenvalue weighted by atomic mass is 9.74. The number of benzene rings is 9. The molecule has 0 aliphatic carbocycles. The van der Waals surface area contributed by atoms with E-state index in [1.807, 2.05) is 84.9 Å². The van der Waals surface area contributed by atoms with Crippen molar-refractivity contribution in [1.82, 2.24) is 0 Å². The summed E-state index contributed by atoms with van der Waals surface area (Å²) in [6, 6.07) is 38.5. The molecule has 0 spiro atoms. The van der Waals surface area contributed by atoms with Crippen LogP contribution in [0.2, 0.25) is 0 Å². The van der Waals surface area contributed by atoms with Crippen LogP contribution in [0.15, 0.2) is 126 Å². The average molecular weight is 712 g/mol. The van der Waals surface area contributed by atoms with Gasteiger partial charge in [-0.1, -0.05) is 102 Å². The second-order valence-corrected chi connectivity index (χ2v) is 13.8. The van der Waals surface area contributed by atoms with Crippen LogP contribution in [0.3, 0.4) is 0 Å². The number of furan rings is 1. The van der Waals surface area contributed by atoms with Crippen molar-refractivity contribution >= 4 is 91.6 Å². The number of aromatic hydroxyl groups is 6. The Labute approximate surface area is 315 Å². The minimum atomic E-state index is -0.975. The Morgan fingerprint density at radius 1 is 0.345 bits per heavy atom. The number of fused-ring (bicyclic) bond motifs is 7. The molecule has 0 saturated heterocycles. The molecule has 6 N–H and O–H groups in total. The zero-order valence-corrected chi connectivity index (χ0v) is 28.8. The molecule has 10 aromatic rings. The third-order valence-electron chi connectivity index (χ3n) is 10.8. The first-order chi connectivity index (χ1) is 26.6. The molecule has 4 radical (unpaired) electrons. The lowest BCUT2D eigenvalue weighted by Crippen LogP contribution is -2.26. The molecule has 258 valence electrons. The van der Waals surface area contributed by atoms with Crippen molar-refractivity contribution in [2.45, 2.75) is 0 Å². The van der Waals surface area contributed by atoms with Gasteiger partial charge in [-0.05, 0) is 74.1 Å². The molecule has 9 aromatic carbocycles. The van der Waals surface area contributed by atoms with Crippen molar-refractivity contribution in [2.24, 2.45) is 0 Å². The number of hydrogen-bond acceptors (Lipinski definition) is 7. The summed E-state index contributed by atoms with van der Waals surface area (Å²) in [4.78, 5) is 0. The summed E-state index contributed by atoms with van der Waals surface area (Å²) in [6.07, 6.45) is 0. The second kappa shape index (κ2) is 11.6. The fourth-order valence-corrected chi connectivity index (χ4v) is 8.08. The van der Waals surface area contributed by atoms with E-state index in [1.165, 1.54) is 0 Å². The summed E-state index contributed by atoms with van der Waals surface area (Å²) in [5.41, 5.74) is 3.45. The van der Waals surface area contributed by atoms with Crippen LogP contribution in [0.25, 0.3) is 98.4 Å². The second-order valence-electron chi connectivity index (χ2n) is 13.8. The van der Waals surface area contributed by atoms with Gasteiger partial charge in [0.2, 0.25) is 11.5 Å². The molecule has 0 unspecified atom stereocenters. The zero-order valence-electron chi connectivity index (χ0n) is 28.8. The lowest BCUT2D eigenvalue weighted by Gasteiger charge is -2.24. The molecule has 1 heterocycles. The highest BCUT2D eigenvalue weighted by molar-refractivity contribution is 6.53. The molecule has 1 aromatic heterocycles. The highest BCUT2D eigenvalue weighted by Gasteiger charge is 2.31. The van der Waals surface area contributed by atoms with E-state index in [0.29, 0.717) is 27.7 Å². The van der Waals surface area contributed by atoms with Crippen molar-refractivity contribution in [3.63, 3.8) is 0 Å². The van der Waals surface area contributed by atoms with Crippen molar-refractivity contribution in [3.8, 4) is 67.9 Å². The Morgan fingerprint density at radius 2 is 0.800 bits per heavy atom. The Bertz CT molecular complexity index is 3210. The monoisotopic (exact) mass is 712 g/mol. The predicted octanol–water partition coefficient (Wildman–Crippen LogP) is 9.02. The molecule has 0 bridgehead atoms.